The van der Waals surface area contributed by atoms with Crippen molar-refractivity contribution >= 4 is 0 Å². The van der Waals surface area contributed by atoms with E-state index in [0.29, 0.717) is 0 Å². The number of aryl methyl sites for hydroxylation is 2. The van der Waals surface area contributed by atoms with Crippen molar-refractivity contribution in [1.29, 1.82) is 0 Å². The first-order valence-corrected chi connectivity index (χ1v) is 7.92. The van der Waals surface area contributed by atoms with Crippen molar-refractivity contribution in [3.05, 3.63) is 53.9 Å². The fourth-order valence-electron chi connectivity index (χ4n) is 3.39. The Morgan fingerprint density at radius 1 is 1.14 bits per heavy atom. The summed E-state index contributed by atoms with van der Waals surface area (Å²) in [7, 11) is 1.99. The molecule has 1 atom stereocenters. The maximum atomic E-state index is 6.64. The smallest absolute Gasteiger partial charge is 0.0492 e. The van der Waals surface area contributed by atoms with Gasteiger partial charge in [-0.15, -0.1) is 0 Å². The van der Waals surface area contributed by atoms with Crippen LogP contribution in [-0.2, 0) is 18.9 Å². The molecule has 0 amide bonds. The van der Waals surface area contributed by atoms with Crippen LogP contribution in [0.5, 0.6) is 0 Å². The monoisotopic (exact) mass is 285 g/mol. The van der Waals surface area contributed by atoms with E-state index in [2.05, 4.69) is 55.3 Å². The number of hydrogen-bond donors (Lipinski definition) is 1. The second-order valence-electron chi connectivity index (χ2n) is 5.82. The predicted octanol–water partition coefficient (Wildman–Crippen LogP) is 3.44. The van der Waals surface area contributed by atoms with Crippen LogP contribution in [-0.4, -0.2) is 15.8 Å². The number of benzene rings is 1. The molecule has 21 heavy (non-hydrogen) atoms. The summed E-state index contributed by atoms with van der Waals surface area (Å²) >= 11 is 0. The van der Waals surface area contributed by atoms with Gasteiger partial charge in [-0.05, 0) is 37.3 Å². The molecule has 0 aliphatic heterocycles. The van der Waals surface area contributed by atoms with Crippen molar-refractivity contribution in [2.75, 3.05) is 0 Å². The topological polar surface area (TPSA) is 43.8 Å². The lowest BCUT2D eigenvalue weighted by Crippen LogP contribution is -2.45. The molecule has 0 saturated heterocycles. The van der Waals surface area contributed by atoms with Gasteiger partial charge < -0.3 is 5.73 Å². The van der Waals surface area contributed by atoms with Crippen LogP contribution in [0.15, 0.2) is 42.6 Å². The number of nitrogens with zero attached hydrogens (tertiary/aromatic N) is 2. The van der Waals surface area contributed by atoms with Crippen LogP contribution < -0.4 is 5.73 Å². The summed E-state index contributed by atoms with van der Waals surface area (Å²) in [5.41, 5.74) is 9.33. The average molecular weight is 285 g/mol. The standard InChI is InChI=1S/C18H27N3/c1-4-18(5-2,15-9-7-6-8-10-15)17(19)12-11-16-13-14-20-21(16)3/h6-10,13-14,17H,4-5,11-12,19H2,1-3H3. The number of hydrogen-bond acceptors (Lipinski definition) is 2. The van der Waals surface area contributed by atoms with Crippen LogP contribution in [0.2, 0.25) is 0 Å². The zero-order valence-electron chi connectivity index (χ0n) is 13.4. The quantitative estimate of drug-likeness (QED) is 0.847. The Morgan fingerprint density at radius 2 is 1.81 bits per heavy atom. The predicted molar refractivity (Wildman–Crippen MR) is 88.2 cm³/mol. The summed E-state index contributed by atoms with van der Waals surface area (Å²) in [6, 6.07) is 13.0. The van der Waals surface area contributed by atoms with Gasteiger partial charge in [-0.2, -0.15) is 5.10 Å². The molecule has 1 aromatic heterocycles. The first kappa shape index (κ1) is 15.8. The van der Waals surface area contributed by atoms with E-state index < -0.39 is 0 Å². The van der Waals surface area contributed by atoms with Gasteiger partial charge in [-0.1, -0.05) is 44.2 Å². The average Bonchev–Trinajstić information content (AvgIpc) is 2.93. The van der Waals surface area contributed by atoms with Crippen molar-refractivity contribution in [2.45, 2.75) is 51.0 Å². The second kappa shape index (κ2) is 6.90. The third kappa shape index (κ3) is 3.18. The Labute approximate surface area is 128 Å². The van der Waals surface area contributed by atoms with Gasteiger partial charge in [0.15, 0.2) is 0 Å². The molecule has 0 aliphatic rings. The molecule has 0 fully saturated rings. The van der Waals surface area contributed by atoms with E-state index in [4.69, 9.17) is 5.73 Å². The van der Waals surface area contributed by atoms with Gasteiger partial charge in [0.05, 0.1) is 0 Å². The molecule has 2 N–H and O–H groups in total. The van der Waals surface area contributed by atoms with Crippen molar-refractivity contribution in [3.8, 4) is 0 Å². The normalized spacial score (nSPS) is 13.3. The van der Waals surface area contributed by atoms with Crippen LogP contribution in [0.25, 0.3) is 0 Å². The molecular weight excluding hydrogens is 258 g/mol. The maximum absolute atomic E-state index is 6.64. The lowest BCUT2D eigenvalue weighted by Gasteiger charge is -2.38. The highest BCUT2D eigenvalue weighted by Crippen LogP contribution is 2.35. The Hall–Kier alpha value is -1.61. The summed E-state index contributed by atoms with van der Waals surface area (Å²) in [6.07, 6.45) is 5.95. The van der Waals surface area contributed by atoms with E-state index in [-0.39, 0.29) is 11.5 Å². The van der Waals surface area contributed by atoms with Crippen molar-refractivity contribution in [2.24, 2.45) is 12.8 Å². The molecule has 3 nitrogen and oxygen atoms in total. The van der Waals surface area contributed by atoms with Gasteiger partial charge in [0, 0.05) is 30.4 Å². The third-order valence-electron chi connectivity index (χ3n) is 4.95. The summed E-state index contributed by atoms with van der Waals surface area (Å²) in [5.74, 6) is 0. The Bertz CT molecular complexity index is 541. The molecule has 0 aliphatic carbocycles. The van der Waals surface area contributed by atoms with Gasteiger partial charge in [0.2, 0.25) is 0 Å². The van der Waals surface area contributed by atoms with Gasteiger partial charge in [-0.3, -0.25) is 4.68 Å². The molecular formula is C18H27N3. The lowest BCUT2D eigenvalue weighted by atomic mass is 9.69. The lowest BCUT2D eigenvalue weighted by molar-refractivity contribution is 0.302. The number of aromatic nitrogens is 2. The fraction of sp³-hybridized carbons (Fsp3) is 0.500. The molecule has 2 rings (SSSR count). The number of nitrogens with two attached hydrogens (primary N) is 1. The minimum Gasteiger partial charge on any atom is -0.327 e. The van der Waals surface area contributed by atoms with Crippen LogP contribution >= 0.6 is 0 Å². The SMILES string of the molecule is CCC(CC)(c1ccccc1)C(N)CCc1ccnn1C. The molecule has 3 heteroatoms. The van der Waals surface area contributed by atoms with E-state index in [0.717, 1.165) is 25.7 Å². The minimum atomic E-state index is 0.0693. The largest absolute Gasteiger partial charge is 0.327 e. The van der Waals surface area contributed by atoms with E-state index >= 15 is 0 Å². The van der Waals surface area contributed by atoms with Crippen molar-refractivity contribution in [3.63, 3.8) is 0 Å². The van der Waals surface area contributed by atoms with Gasteiger partial charge in [0.1, 0.15) is 0 Å². The third-order valence-corrected chi connectivity index (χ3v) is 4.95. The van der Waals surface area contributed by atoms with E-state index in [1.165, 1.54) is 11.3 Å². The maximum Gasteiger partial charge on any atom is 0.0492 e. The molecule has 0 spiro atoms. The van der Waals surface area contributed by atoms with Crippen LogP contribution in [0.4, 0.5) is 0 Å². The van der Waals surface area contributed by atoms with E-state index in [1.807, 2.05) is 17.9 Å². The summed E-state index contributed by atoms with van der Waals surface area (Å²) in [4.78, 5) is 0. The molecule has 0 bridgehead atoms. The Kier molecular flexibility index (Phi) is 5.18. The van der Waals surface area contributed by atoms with Crippen LogP contribution in [0.1, 0.15) is 44.4 Å². The zero-order valence-corrected chi connectivity index (χ0v) is 13.4. The molecule has 0 saturated carbocycles. The highest BCUT2D eigenvalue weighted by atomic mass is 15.2. The molecule has 114 valence electrons. The number of rotatable bonds is 7. The Morgan fingerprint density at radius 3 is 2.33 bits per heavy atom. The summed E-state index contributed by atoms with van der Waals surface area (Å²) in [6.45, 7) is 4.50. The van der Waals surface area contributed by atoms with E-state index in [1.54, 1.807) is 0 Å². The van der Waals surface area contributed by atoms with Gasteiger partial charge in [0.25, 0.3) is 0 Å². The van der Waals surface area contributed by atoms with Gasteiger partial charge >= 0.3 is 0 Å². The zero-order chi connectivity index (χ0) is 15.3. The molecule has 0 radical (unpaired) electrons. The molecule has 1 aromatic carbocycles. The summed E-state index contributed by atoms with van der Waals surface area (Å²) in [5, 5.41) is 4.23. The second-order valence-corrected chi connectivity index (χ2v) is 5.82. The first-order valence-electron chi connectivity index (χ1n) is 7.92. The van der Waals surface area contributed by atoms with Crippen molar-refractivity contribution in [1.82, 2.24) is 9.78 Å². The first-order chi connectivity index (χ1) is 10.1. The van der Waals surface area contributed by atoms with Crippen molar-refractivity contribution < 1.29 is 0 Å². The fourth-order valence-corrected chi connectivity index (χ4v) is 3.39. The highest BCUT2D eigenvalue weighted by molar-refractivity contribution is 5.27. The Balaban J connectivity index is 2.16. The highest BCUT2D eigenvalue weighted by Gasteiger charge is 2.34. The molecule has 1 unspecified atom stereocenters. The summed E-state index contributed by atoms with van der Waals surface area (Å²) < 4.78 is 1.94. The van der Waals surface area contributed by atoms with E-state index in [9.17, 15) is 0 Å². The minimum absolute atomic E-state index is 0.0693. The van der Waals surface area contributed by atoms with Gasteiger partial charge in [-0.25, -0.2) is 0 Å². The van der Waals surface area contributed by atoms with Crippen LogP contribution in [0.3, 0.4) is 0 Å². The molecule has 1 heterocycles. The van der Waals surface area contributed by atoms with Crippen LogP contribution in [0, 0.1) is 0 Å². The molecule has 2 aromatic rings.